The monoisotopic (exact) mass is 493 g/mol. The van der Waals surface area contributed by atoms with Gasteiger partial charge in [0.15, 0.2) is 5.65 Å². The summed E-state index contributed by atoms with van der Waals surface area (Å²) in [6.07, 6.45) is -1.23. The number of anilines is 1. The van der Waals surface area contributed by atoms with Gasteiger partial charge in [0, 0.05) is 24.2 Å². The second-order valence-electron chi connectivity index (χ2n) is 8.32. The molecule has 2 atom stereocenters. The minimum atomic E-state index is -4.63. The lowest BCUT2D eigenvalue weighted by Gasteiger charge is -2.30. The van der Waals surface area contributed by atoms with E-state index in [0.717, 1.165) is 25.5 Å². The van der Waals surface area contributed by atoms with Crippen LogP contribution in [-0.2, 0) is 10.9 Å². The Morgan fingerprint density at radius 1 is 1.24 bits per heavy atom. The fourth-order valence-electron chi connectivity index (χ4n) is 4.22. The zero-order valence-electron chi connectivity index (χ0n) is 17.7. The van der Waals surface area contributed by atoms with Gasteiger partial charge in [-0.25, -0.2) is 4.98 Å². The Morgan fingerprint density at radius 3 is 2.76 bits per heavy atom. The van der Waals surface area contributed by atoms with Crippen molar-refractivity contribution in [1.29, 1.82) is 5.26 Å². The lowest BCUT2D eigenvalue weighted by atomic mass is 9.85. The maximum atomic E-state index is 13.4. The predicted octanol–water partition coefficient (Wildman–Crippen LogP) is 3.98. The number of nitrogens with zero attached hydrogens (tertiary/aromatic N) is 6. The quantitative estimate of drug-likeness (QED) is 0.531. The van der Waals surface area contributed by atoms with Crippen molar-refractivity contribution in [3.05, 3.63) is 40.4 Å². The van der Waals surface area contributed by atoms with Crippen LogP contribution in [0.1, 0.15) is 48.6 Å². The number of nitrogens with one attached hydrogen (secondary N) is 1. The van der Waals surface area contributed by atoms with Gasteiger partial charge in [-0.2, -0.15) is 23.4 Å². The van der Waals surface area contributed by atoms with Crippen LogP contribution in [0.4, 0.5) is 19.1 Å². The lowest BCUT2D eigenvalue weighted by molar-refractivity contribution is -0.142. The molecule has 9 nitrogen and oxygen atoms in total. The summed E-state index contributed by atoms with van der Waals surface area (Å²) in [5.74, 6) is 0.244. The minimum Gasteiger partial charge on any atom is -0.469 e. The van der Waals surface area contributed by atoms with Crippen LogP contribution in [0.2, 0.25) is 5.15 Å². The highest BCUT2D eigenvalue weighted by atomic mass is 35.5. The van der Waals surface area contributed by atoms with Gasteiger partial charge < -0.3 is 14.8 Å². The first kappa shape index (κ1) is 22.6. The molecule has 34 heavy (non-hydrogen) atoms. The van der Waals surface area contributed by atoms with Crippen LogP contribution in [-0.4, -0.2) is 49.9 Å². The summed E-state index contributed by atoms with van der Waals surface area (Å²) in [6.45, 7) is 0.443. The van der Waals surface area contributed by atoms with Gasteiger partial charge in [-0.3, -0.25) is 4.40 Å². The van der Waals surface area contributed by atoms with E-state index >= 15 is 0 Å². The molecule has 1 aliphatic carbocycles. The molecule has 0 aromatic carbocycles. The average Bonchev–Trinajstić information content (AvgIpc) is 3.20. The summed E-state index contributed by atoms with van der Waals surface area (Å²) in [5, 5.41) is 21.1. The zero-order valence-corrected chi connectivity index (χ0v) is 18.5. The predicted molar refractivity (Wildman–Crippen MR) is 114 cm³/mol. The number of alkyl halides is 3. The first-order valence-corrected chi connectivity index (χ1v) is 11.1. The second kappa shape index (κ2) is 8.88. The number of fused-ring (bicyclic) bond motifs is 1. The molecule has 178 valence electrons. The molecule has 1 N–H and O–H groups in total. The average molecular weight is 494 g/mol. The molecule has 13 heteroatoms. The number of nitriles is 1. The van der Waals surface area contributed by atoms with Crippen molar-refractivity contribution < 1.29 is 22.6 Å². The molecule has 5 rings (SSSR count). The lowest BCUT2D eigenvalue weighted by Crippen LogP contribution is -2.39. The van der Waals surface area contributed by atoms with Crippen molar-refractivity contribution in [3.8, 4) is 11.9 Å². The number of aromatic nitrogens is 5. The van der Waals surface area contributed by atoms with E-state index in [1.807, 2.05) is 6.07 Å². The molecule has 3 aromatic rings. The SMILES string of the molecule is N#Cc1cc(Cl)n2c([C@H]3CCC[C@@H](Nc4ncc(C(F)(F)F)c(OC5COC5)n4)C3)nnc2c1. The van der Waals surface area contributed by atoms with E-state index in [2.05, 4.69) is 25.5 Å². The third-order valence-corrected chi connectivity index (χ3v) is 6.21. The fourth-order valence-corrected chi connectivity index (χ4v) is 4.51. The summed E-state index contributed by atoms with van der Waals surface area (Å²) in [4.78, 5) is 7.90. The Morgan fingerprint density at radius 2 is 2.06 bits per heavy atom. The van der Waals surface area contributed by atoms with Crippen LogP contribution in [0.25, 0.3) is 5.65 Å². The molecule has 1 aliphatic heterocycles. The van der Waals surface area contributed by atoms with Gasteiger partial charge in [-0.15, -0.1) is 10.2 Å². The van der Waals surface area contributed by atoms with Crippen LogP contribution in [0.5, 0.6) is 5.88 Å². The van der Waals surface area contributed by atoms with E-state index in [0.29, 0.717) is 28.6 Å². The van der Waals surface area contributed by atoms with E-state index in [1.54, 1.807) is 16.5 Å². The first-order chi connectivity index (χ1) is 16.3. The third kappa shape index (κ3) is 4.45. The van der Waals surface area contributed by atoms with Crippen molar-refractivity contribution in [2.24, 2.45) is 0 Å². The molecule has 0 unspecified atom stereocenters. The van der Waals surface area contributed by atoms with Crippen molar-refractivity contribution >= 4 is 23.2 Å². The molecule has 1 saturated carbocycles. The Kier molecular flexibility index (Phi) is 5.91. The molecule has 3 aromatic heterocycles. The minimum absolute atomic E-state index is 0.00368. The largest absolute Gasteiger partial charge is 0.469 e. The molecule has 0 radical (unpaired) electrons. The zero-order chi connectivity index (χ0) is 23.9. The van der Waals surface area contributed by atoms with Gasteiger partial charge in [-0.1, -0.05) is 18.0 Å². The van der Waals surface area contributed by atoms with E-state index in [4.69, 9.17) is 26.3 Å². The topological polar surface area (TPSA) is 110 Å². The highest BCUT2D eigenvalue weighted by Crippen LogP contribution is 2.37. The van der Waals surface area contributed by atoms with Crippen LogP contribution >= 0.6 is 11.6 Å². The number of hydrogen-bond acceptors (Lipinski definition) is 8. The summed E-state index contributed by atoms with van der Waals surface area (Å²) >= 11 is 6.38. The Bertz CT molecular complexity index is 1260. The second-order valence-corrected chi connectivity index (χ2v) is 8.71. The van der Waals surface area contributed by atoms with Gasteiger partial charge >= 0.3 is 6.18 Å². The molecule has 0 spiro atoms. The summed E-state index contributed by atoms with van der Waals surface area (Å²) in [5.41, 5.74) is -0.139. The summed E-state index contributed by atoms with van der Waals surface area (Å²) < 4.78 is 52.2. The summed E-state index contributed by atoms with van der Waals surface area (Å²) in [7, 11) is 0. The number of halogens is 4. The molecule has 0 amide bonds. The van der Waals surface area contributed by atoms with Crippen molar-refractivity contribution in [1.82, 2.24) is 24.6 Å². The number of hydrogen-bond donors (Lipinski definition) is 1. The number of pyridine rings is 1. The highest BCUT2D eigenvalue weighted by molar-refractivity contribution is 6.29. The molecule has 0 bridgehead atoms. The van der Waals surface area contributed by atoms with Gasteiger partial charge in [0.1, 0.15) is 22.6 Å². The standard InChI is InChI=1S/C21H19ClF3N7O2/c22-16-4-11(7-26)5-17-30-31-18(32(16)17)12-2-1-3-13(6-12)28-20-27-8-15(21(23,24)25)19(29-20)34-14-9-33-10-14/h4-5,8,12-14H,1-3,6,9-10H2,(H,27,28,29)/t12-,13+/m0/s1. The van der Waals surface area contributed by atoms with Gasteiger partial charge in [0.05, 0.1) is 24.8 Å². The number of ether oxygens (including phenoxy) is 2. The third-order valence-electron chi connectivity index (χ3n) is 5.93. The van der Waals surface area contributed by atoms with E-state index < -0.39 is 23.7 Å². The van der Waals surface area contributed by atoms with Gasteiger partial charge in [-0.05, 0) is 25.3 Å². The van der Waals surface area contributed by atoms with E-state index in [-0.39, 0.29) is 31.1 Å². The Balaban J connectivity index is 1.35. The van der Waals surface area contributed by atoms with Crippen molar-refractivity contribution in [2.45, 2.75) is 49.9 Å². The van der Waals surface area contributed by atoms with Crippen LogP contribution in [0.15, 0.2) is 18.3 Å². The molecule has 2 aliphatic rings. The van der Waals surface area contributed by atoms with Gasteiger partial charge in [0.2, 0.25) is 11.8 Å². The first-order valence-electron chi connectivity index (χ1n) is 10.7. The highest BCUT2D eigenvalue weighted by Gasteiger charge is 2.38. The van der Waals surface area contributed by atoms with Crippen LogP contribution in [0, 0.1) is 11.3 Å². The van der Waals surface area contributed by atoms with Crippen molar-refractivity contribution in [3.63, 3.8) is 0 Å². The van der Waals surface area contributed by atoms with Crippen LogP contribution < -0.4 is 10.1 Å². The van der Waals surface area contributed by atoms with Crippen LogP contribution in [0.3, 0.4) is 0 Å². The molecule has 2 fully saturated rings. The number of rotatable bonds is 5. The summed E-state index contributed by atoms with van der Waals surface area (Å²) in [6, 6.07) is 5.12. The molecular weight excluding hydrogens is 475 g/mol. The maximum Gasteiger partial charge on any atom is 0.423 e. The molecule has 1 saturated heterocycles. The Labute approximate surface area is 196 Å². The van der Waals surface area contributed by atoms with Gasteiger partial charge in [0.25, 0.3) is 0 Å². The smallest absolute Gasteiger partial charge is 0.423 e. The van der Waals surface area contributed by atoms with E-state index in [9.17, 15) is 13.2 Å². The van der Waals surface area contributed by atoms with Crippen molar-refractivity contribution in [2.75, 3.05) is 18.5 Å². The van der Waals surface area contributed by atoms with E-state index in [1.165, 1.54) is 0 Å². The Hall–Kier alpha value is -3.17. The fraction of sp³-hybridized carbons (Fsp3) is 0.476. The normalized spacial score (nSPS) is 21.1. The molecule has 4 heterocycles. The molecular formula is C21H19ClF3N7O2. The maximum absolute atomic E-state index is 13.4.